The Bertz CT molecular complexity index is 158. The highest BCUT2D eigenvalue weighted by Crippen LogP contribution is 2.08. The second kappa shape index (κ2) is 2.13. The van der Waals surface area contributed by atoms with Crippen molar-refractivity contribution in [2.24, 2.45) is 0 Å². The van der Waals surface area contributed by atoms with E-state index in [9.17, 15) is 0 Å². The smallest absolute Gasteiger partial charge is 0.0314 e. The highest BCUT2D eigenvalue weighted by molar-refractivity contribution is 5.12. The molecule has 0 N–H and O–H groups in total. The Morgan fingerprint density at radius 3 is 2.44 bits per heavy atom. The van der Waals surface area contributed by atoms with Gasteiger partial charge in [-0.05, 0) is 19.1 Å². The van der Waals surface area contributed by atoms with Crippen molar-refractivity contribution in [2.75, 3.05) is 14.1 Å². The van der Waals surface area contributed by atoms with E-state index in [1.165, 1.54) is 5.70 Å². The summed E-state index contributed by atoms with van der Waals surface area (Å²) >= 11 is 0. The van der Waals surface area contributed by atoms with Gasteiger partial charge in [-0.2, -0.15) is 0 Å². The van der Waals surface area contributed by atoms with Gasteiger partial charge in [-0.15, -0.1) is 0 Å². The van der Waals surface area contributed by atoms with Crippen molar-refractivity contribution in [1.82, 2.24) is 10.0 Å². The summed E-state index contributed by atoms with van der Waals surface area (Å²) in [5.74, 6) is 0. The van der Waals surface area contributed by atoms with E-state index in [1.54, 1.807) is 0 Å². The standard InChI is InChI=1S/C7H12N2/c1-7-5-4-6-8(2)9(7)3/h4-6H,1-3H3. The first kappa shape index (κ1) is 6.20. The zero-order chi connectivity index (χ0) is 6.85. The molecule has 0 unspecified atom stereocenters. The molecule has 1 aliphatic heterocycles. The van der Waals surface area contributed by atoms with Crippen LogP contribution in [-0.2, 0) is 0 Å². The van der Waals surface area contributed by atoms with E-state index in [0.29, 0.717) is 0 Å². The third-order valence-corrected chi connectivity index (χ3v) is 1.62. The van der Waals surface area contributed by atoms with E-state index in [4.69, 9.17) is 0 Å². The third kappa shape index (κ3) is 1.07. The molecule has 0 saturated carbocycles. The molecule has 0 aromatic heterocycles. The third-order valence-electron chi connectivity index (χ3n) is 1.62. The molecular formula is C7H12N2. The summed E-state index contributed by atoms with van der Waals surface area (Å²) in [6.45, 7) is 2.08. The van der Waals surface area contributed by atoms with Crippen LogP contribution in [0, 0.1) is 0 Å². The van der Waals surface area contributed by atoms with Crippen LogP contribution >= 0.6 is 0 Å². The van der Waals surface area contributed by atoms with Crippen LogP contribution in [0.3, 0.4) is 0 Å². The van der Waals surface area contributed by atoms with Gasteiger partial charge in [0.2, 0.25) is 0 Å². The number of hydrazine groups is 1. The summed E-state index contributed by atoms with van der Waals surface area (Å²) in [7, 11) is 4.06. The van der Waals surface area contributed by atoms with Crippen LogP contribution < -0.4 is 0 Å². The van der Waals surface area contributed by atoms with Gasteiger partial charge in [0.05, 0.1) is 0 Å². The van der Waals surface area contributed by atoms with Crippen LogP contribution in [0.4, 0.5) is 0 Å². The minimum atomic E-state index is 1.26. The molecule has 0 radical (unpaired) electrons. The first-order chi connectivity index (χ1) is 4.22. The van der Waals surface area contributed by atoms with Gasteiger partial charge in [-0.3, -0.25) is 10.0 Å². The second-order valence-electron chi connectivity index (χ2n) is 2.25. The van der Waals surface area contributed by atoms with Crippen LogP contribution in [0.25, 0.3) is 0 Å². The Labute approximate surface area is 56.0 Å². The zero-order valence-electron chi connectivity index (χ0n) is 6.13. The first-order valence-electron chi connectivity index (χ1n) is 3.03. The van der Waals surface area contributed by atoms with Gasteiger partial charge >= 0.3 is 0 Å². The van der Waals surface area contributed by atoms with Gasteiger partial charge in [-0.25, -0.2) is 0 Å². The summed E-state index contributed by atoms with van der Waals surface area (Å²) in [6.07, 6.45) is 6.14. The molecule has 0 fully saturated rings. The Hall–Kier alpha value is -0.920. The topological polar surface area (TPSA) is 6.48 Å². The van der Waals surface area contributed by atoms with Crippen molar-refractivity contribution in [3.63, 3.8) is 0 Å². The summed E-state index contributed by atoms with van der Waals surface area (Å²) < 4.78 is 0. The van der Waals surface area contributed by atoms with Crippen molar-refractivity contribution in [2.45, 2.75) is 6.92 Å². The number of hydrogen-bond donors (Lipinski definition) is 0. The minimum absolute atomic E-state index is 1.26. The number of rotatable bonds is 0. The summed E-state index contributed by atoms with van der Waals surface area (Å²) in [5, 5.41) is 4.12. The molecule has 0 aliphatic carbocycles. The molecular weight excluding hydrogens is 112 g/mol. The predicted octanol–water partition coefficient (Wildman–Crippen LogP) is 1.20. The molecule has 2 nitrogen and oxygen atoms in total. The van der Waals surface area contributed by atoms with E-state index in [-0.39, 0.29) is 0 Å². The lowest BCUT2D eigenvalue weighted by molar-refractivity contribution is 0.122. The van der Waals surface area contributed by atoms with Crippen molar-refractivity contribution in [3.05, 3.63) is 24.0 Å². The maximum atomic E-state index is 2.08. The molecule has 0 aromatic carbocycles. The van der Waals surface area contributed by atoms with Crippen LogP contribution in [0.2, 0.25) is 0 Å². The summed E-state index contributed by atoms with van der Waals surface area (Å²) in [4.78, 5) is 0. The summed E-state index contributed by atoms with van der Waals surface area (Å²) in [6, 6.07) is 0. The first-order valence-corrected chi connectivity index (χ1v) is 3.03. The normalized spacial score (nSPS) is 18.3. The molecule has 1 aliphatic rings. The average molecular weight is 124 g/mol. The maximum Gasteiger partial charge on any atom is 0.0314 e. The second-order valence-corrected chi connectivity index (χ2v) is 2.25. The lowest BCUT2D eigenvalue weighted by Gasteiger charge is -2.31. The van der Waals surface area contributed by atoms with E-state index in [0.717, 1.165) is 0 Å². The molecule has 0 spiro atoms. The fourth-order valence-electron chi connectivity index (χ4n) is 0.764. The fraction of sp³-hybridized carbons (Fsp3) is 0.429. The van der Waals surface area contributed by atoms with E-state index < -0.39 is 0 Å². The van der Waals surface area contributed by atoms with Crippen molar-refractivity contribution < 1.29 is 0 Å². The van der Waals surface area contributed by atoms with Gasteiger partial charge in [0.1, 0.15) is 0 Å². The Morgan fingerprint density at radius 2 is 2.00 bits per heavy atom. The van der Waals surface area contributed by atoms with E-state index in [2.05, 4.69) is 18.0 Å². The van der Waals surface area contributed by atoms with Gasteiger partial charge in [-0.1, -0.05) is 0 Å². The Kier molecular flexibility index (Phi) is 1.47. The lowest BCUT2D eigenvalue weighted by Crippen LogP contribution is -2.32. The van der Waals surface area contributed by atoms with Gasteiger partial charge in [0.25, 0.3) is 0 Å². The molecule has 0 saturated heterocycles. The quantitative estimate of drug-likeness (QED) is 0.478. The van der Waals surface area contributed by atoms with Gasteiger partial charge in [0.15, 0.2) is 0 Å². The average Bonchev–Trinajstić information content (AvgIpc) is 1.83. The molecule has 2 heteroatoms. The van der Waals surface area contributed by atoms with Crippen LogP contribution in [0.15, 0.2) is 24.0 Å². The van der Waals surface area contributed by atoms with Crippen molar-refractivity contribution >= 4 is 0 Å². The van der Waals surface area contributed by atoms with E-state index >= 15 is 0 Å². The maximum absolute atomic E-state index is 2.08. The number of allylic oxidation sites excluding steroid dienone is 3. The summed E-state index contributed by atoms with van der Waals surface area (Å²) in [5.41, 5.74) is 1.26. The highest BCUT2D eigenvalue weighted by atomic mass is 15.6. The van der Waals surface area contributed by atoms with Crippen LogP contribution in [0.5, 0.6) is 0 Å². The molecule has 0 aromatic rings. The fourth-order valence-corrected chi connectivity index (χ4v) is 0.764. The minimum Gasteiger partial charge on any atom is -0.296 e. The monoisotopic (exact) mass is 124 g/mol. The predicted molar refractivity (Wildman–Crippen MR) is 38.4 cm³/mol. The molecule has 9 heavy (non-hydrogen) atoms. The molecule has 0 atom stereocenters. The van der Waals surface area contributed by atoms with Crippen molar-refractivity contribution in [1.29, 1.82) is 0 Å². The molecule has 1 rings (SSSR count). The Balaban J connectivity index is 2.73. The molecule has 50 valence electrons. The number of hydrogen-bond acceptors (Lipinski definition) is 2. The van der Waals surface area contributed by atoms with E-state index in [1.807, 2.05) is 31.4 Å². The van der Waals surface area contributed by atoms with Gasteiger partial charge in [0, 0.05) is 26.0 Å². The number of nitrogens with zero attached hydrogens (tertiary/aromatic N) is 2. The SMILES string of the molecule is CC1=CC=CN(C)N1C. The molecule has 0 amide bonds. The highest BCUT2D eigenvalue weighted by Gasteiger charge is 2.03. The largest absolute Gasteiger partial charge is 0.296 e. The zero-order valence-corrected chi connectivity index (χ0v) is 6.13. The molecule has 1 heterocycles. The molecule has 0 bridgehead atoms. The van der Waals surface area contributed by atoms with Crippen LogP contribution in [-0.4, -0.2) is 24.1 Å². The lowest BCUT2D eigenvalue weighted by atomic mass is 10.4. The van der Waals surface area contributed by atoms with Crippen molar-refractivity contribution in [3.8, 4) is 0 Å². The van der Waals surface area contributed by atoms with Gasteiger partial charge < -0.3 is 0 Å². The Morgan fingerprint density at radius 1 is 1.33 bits per heavy atom. The van der Waals surface area contributed by atoms with Crippen LogP contribution in [0.1, 0.15) is 6.92 Å².